The zero-order valence-electron chi connectivity index (χ0n) is 23.8. The summed E-state index contributed by atoms with van der Waals surface area (Å²) in [7, 11) is 32.0. The molecule has 7 aromatic carbocycles. The Labute approximate surface area is 262 Å². The number of rotatable bonds is 3. The SMILES string of the molecule is [B]c1c([B])c([B])c(-c2c3ccccc3c(-c3ccc(-c4cccc5oc6ccccc6c45)cc3)c3ccccc23)c([B])c1[B]. The first-order valence-electron chi connectivity index (χ1n) is 14.4. The molecule has 0 aliphatic carbocycles. The van der Waals surface area contributed by atoms with Gasteiger partial charge in [0.15, 0.2) is 0 Å². The van der Waals surface area contributed by atoms with Gasteiger partial charge in [-0.25, -0.2) is 0 Å². The molecule has 0 amide bonds. The van der Waals surface area contributed by atoms with Gasteiger partial charge < -0.3 is 4.42 Å². The van der Waals surface area contributed by atoms with Crippen LogP contribution in [-0.2, 0) is 0 Å². The first kappa shape index (κ1) is 26.8. The van der Waals surface area contributed by atoms with E-state index in [1.807, 2.05) is 54.6 Å². The van der Waals surface area contributed by atoms with Crippen molar-refractivity contribution in [3.63, 3.8) is 0 Å². The molecule has 8 rings (SSSR count). The molecule has 8 aromatic rings. The number of para-hydroxylation sites is 1. The molecule has 0 aliphatic rings. The highest BCUT2D eigenvalue weighted by atomic mass is 16.3. The fourth-order valence-electron chi connectivity index (χ4n) is 6.66. The minimum atomic E-state index is 0.202. The zero-order valence-corrected chi connectivity index (χ0v) is 23.8. The van der Waals surface area contributed by atoms with Gasteiger partial charge >= 0.3 is 0 Å². The van der Waals surface area contributed by atoms with E-state index in [4.69, 9.17) is 43.6 Å². The molecule has 192 valence electrons. The van der Waals surface area contributed by atoms with Gasteiger partial charge in [0.25, 0.3) is 0 Å². The van der Waals surface area contributed by atoms with Crippen LogP contribution in [0, 0.1) is 0 Å². The van der Waals surface area contributed by atoms with E-state index >= 15 is 0 Å². The lowest BCUT2D eigenvalue weighted by Gasteiger charge is -2.25. The lowest BCUT2D eigenvalue weighted by molar-refractivity contribution is 0.669. The number of hydrogen-bond donors (Lipinski definition) is 0. The highest BCUT2D eigenvalue weighted by Crippen LogP contribution is 2.43. The molecule has 0 spiro atoms. The minimum absolute atomic E-state index is 0.202. The van der Waals surface area contributed by atoms with Crippen LogP contribution in [0.15, 0.2) is 120 Å². The van der Waals surface area contributed by atoms with Crippen LogP contribution in [0.4, 0.5) is 0 Å². The van der Waals surface area contributed by atoms with E-state index < -0.39 is 0 Å². The third-order valence-corrected chi connectivity index (χ3v) is 8.77. The van der Waals surface area contributed by atoms with Gasteiger partial charge in [0, 0.05) is 10.8 Å². The molecule has 44 heavy (non-hydrogen) atoms. The first-order chi connectivity index (χ1) is 21.4. The van der Waals surface area contributed by atoms with E-state index in [1.54, 1.807) is 0 Å². The topological polar surface area (TPSA) is 13.1 Å². The first-order valence-corrected chi connectivity index (χ1v) is 14.4. The fourth-order valence-corrected chi connectivity index (χ4v) is 6.66. The third kappa shape index (κ3) is 3.87. The van der Waals surface area contributed by atoms with Crippen LogP contribution in [0.25, 0.3) is 76.9 Å². The fraction of sp³-hybridized carbons (Fsp3) is 0. The van der Waals surface area contributed by atoms with Crippen LogP contribution >= 0.6 is 0 Å². The van der Waals surface area contributed by atoms with Crippen LogP contribution < -0.4 is 27.3 Å². The molecule has 0 bridgehead atoms. The Bertz CT molecular complexity index is 2350. The molecule has 1 nitrogen and oxygen atoms in total. The average molecular weight is 546 g/mol. The van der Waals surface area contributed by atoms with Crippen molar-refractivity contribution in [1.29, 1.82) is 0 Å². The van der Waals surface area contributed by atoms with Crippen molar-refractivity contribution in [2.75, 3.05) is 0 Å². The molecule has 10 radical (unpaired) electrons. The van der Waals surface area contributed by atoms with Crippen molar-refractivity contribution < 1.29 is 4.42 Å². The molecular formula is C38H19B5O. The molecule has 6 heteroatoms. The second kappa shape index (κ2) is 10.1. The molecular weight excluding hydrogens is 526 g/mol. The molecule has 0 atom stereocenters. The van der Waals surface area contributed by atoms with Gasteiger partial charge in [0.1, 0.15) is 50.4 Å². The van der Waals surface area contributed by atoms with Gasteiger partial charge in [-0.05, 0) is 67.1 Å². The molecule has 0 unspecified atom stereocenters. The van der Waals surface area contributed by atoms with Crippen molar-refractivity contribution in [2.45, 2.75) is 0 Å². The molecule has 1 aromatic heterocycles. The lowest BCUT2D eigenvalue weighted by Crippen LogP contribution is -2.55. The largest absolute Gasteiger partial charge is 0.456 e. The summed E-state index contributed by atoms with van der Waals surface area (Å²) in [6, 6.07) is 39.7. The van der Waals surface area contributed by atoms with E-state index in [2.05, 4.69) is 60.7 Å². The minimum Gasteiger partial charge on any atom is -0.456 e. The van der Waals surface area contributed by atoms with Crippen molar-refractivity contribution in [3.8, 4) is 33.4 Å². The number of furan rings is 1. The molecule has 0 N–H and O–H groups in total. The summed E-state index contributed by atoms with van der Waals surface area (Å²) in [5.41, 5.74) is 9.02. The summed E-state index contributed by atoms with van der Waals surface area (Å²) in [5.74, 6) is 0. The predicted molar refractivity (Wildman–Crippen MR) is 192 cm³/mol. The zero-order chi connectivity index (χ0) is 30.1. The summed E-state index contributed by atoms with van der Waals surface area (Å²) < 4.78 is 6.15. The van der Waals surface area contributed by atoms with E-state index in [9.17, 15) is 0 Å². The maximum Gasteiger partial charge on any atom is 0.136 e. The van der Waals surface area contributed by atoms with Gasteiger partial charge in [0.2, 0.25) is 0 Å². The second-order valence-corrected chi connectivity index (χ2v) is 11.1. The Morgan fingerprint density at radius 2 is 0.795 bits per heavy atom. The maximum absolute atomic E-state index is 6.61. The normalized spacial score (nSPS) is 11.6. The maximum atomic E-state index is 6.61. The van der Waals surface area contributed by atoms with Crippen molar-refractivity contribution >= 4 is 110 Å². The summed E-state index contributed by atoms with van der Waals surface area (Å²) in [6.07, 6.45) is 0. The Morgan fingerprint density at radius 1 is 0.341 bits per heavy atom. The smallest absolute Gasteiger partial charge is 0.136 e. The van der Waals surface area contributed by atoms with E-state index in [0.717, 1.165) is 71.3 Å². The van der Waals surface area contributed by atoms with Gasteiger partial charge in [-0.15, -0.1) is 16.4 Å². The highest BCUT2D eigenvalue weighted by molar-refractivity contribution is 6.69. The second-order valence-electron chi connectivity index (χ2n) is 11.1. The van der Waals surface area contributed by atoms with Crippen LogP contribution in [0.5, 0.6) is 0 Å². The van der Waals surface area contributed by atoms with Crippen LogP contribution in [0.2, 0.25) is 0 Å². The van der Waals surface area contributed by atoms with Crippen LogP contribution in [0.1, 0.15) is 0 Å². The molecule has 0 aliphatic heterocycles. The summed E-state index contributed by atoms with van der Waals surface area (Å²) in [6.45, 7) is 0. The summed E-state index contributed by atoms with van der Waals surface area (Å²) in [5, 5.41) is 6.32. The van der Waals surface area contributed by atoms with E-state index in [1.165, 1.54) is 0 Å². The standard InChI is InChI=1S/C38H19B5O/c39-34-33(35(40)37(42)38(43)36(34)41)32-25-10-3-1-8-23(25)30(24-9-2-4-11-26(24)32)21-18-16-20(17-19-21)22-13-7-15-29-31(22)27-12-5-6-14-28(27)44-29/h1-19H. The predicted octanol–water partition coefficient (Wildman–Crippen LogP) is 4.86. The molecule has 0 saturated carbocycles. The van der Waals surface area contributed by atoms with Crippen molar-refractivity contribution in [2.24, 2.45) is 0 Å². The van der Waals surface area contributed by atoms with Crippen molar-refractivity contribution in [1.82, 2.24) is 0 Å². The van der Waals surface area contributed by atoms with E-state index in [0.29, 0.717) is 16.5 Å². The summed E-state index contributed by atoms with van der Waals surface area (Å²) in [4.78, 5) is 0. The van der Waals surface area contributed by atoms with Crippen molar-refractivity contribution in [3.05, 3.63) is 115 Å². The molecule has 0 fully saturated rings. The lowest BCUT2D eigenvalue weighted by atomic mass is 9.59. The Balaban J connectivity index is 1.38. The number of hydrogen-bond acceptors (Lipinski definition) is 1. The molecule has 1 heterocycles. The monoisotopic (exact) mass is 546 g/mol. The number of benzene rings is 7. The Kier molecular flexibility index (Phi) is 6.17. The quantitative estimate of drug-likeness (QED) is 0.228. The average Bonchev–Trinajstić information content (AvgIpc) is 3.45. The van der Waals surface area contributed by atoms with Crippen LogP contribution in [0.3, 0.4) is 0 Å². The third-order valence-electron chi connectivity index (χ3n) is 8.77. The van der Waals surface area contributed by atoms with Gasteiger partial charge in [-0.2, -0.15) is 0 Å². The Morgan fingerprint density at radius 3 is 1.39 bits per heavy atom. The number of fused-ring (bicyclic) bond motifs is 5. The van der Waals surface area contributed by atoms with Crippen LogP contribution in [-0.4, -0.2) is 39.2 Å². The molecule has 0 saturated heterocycles. The Hall–Kier alpha value is -4.82. The van der Waals surface area contributed by atoms with E-state index in [-0.39, 0.29) is 16.4 Å². The van der Waals surface area contributed by atoms with Gasteiger partial charge in [-0.3, -0.25) is 0 Å². The van der Waals surface area contributed by atoms with Gasteiger partial charge in [0.05, 0.1) is 0 Å². The summed E-state index contributed by atoms with van der Waals surface area (Å²) >= 11 is 0. The highest BCUT2D eigenvalue weighted by Gasteiger charge is 2.20. The van der Waals surface area contributed by atoms with Gasteiger partial charge in [-0.1, -0.05) is 114 Å².